The van der Waals surface area contributed by atoms with Crippen molar-refractivity contribution in [2.24, 2.45) is 118 Å². The van der Waals surface area contributed by atoms with E-state index in [1.165, 1.54) is 0 Å². The molecule has 336 valence electrons. The minimum absolute atomic E-state index is 0.0171. The zero-order chi connectivity index (χ0) is 44.9. The Morgan fingerprint density at radius 1 is 0.373 bits per heavy atom. The van der Waals surface area contributed by atoms with E-state index in [0.29, 0.717) is 70.9 Å². The molecule has 0 rings (SSSR count). The summed E-state index contributed by atoms with van der Waals surface area (Å²) >= 11 is 0. The largest absolute Gasteiger partial charge is 0.370 e. The average molecular weight is 834 g/mol. The van der Waals surface area contributed by atoms with Crippen LogP contribution >= 0.6 is 0 Å². The first-order valence-electron chi connectivity index (χ1n) is 20.7. The molecule has 0 saturated heterocycles. The SMILES string of the molecule is CCC(CCCN=C(N)N)C(=O)CC(CCCN=C(N)N)C(=O)CC(CCCN=C(N)N)C(=O)CC(CCCN=C(N)N)C(=O)CC(CCCN=C(N)N)C(=O)C(C)C. The second-order valence-corrected chi connectivity index (χ2v) is 15.4. The minimum Gasteiger partial charge on any atom is -0.370 e. The smallest absolute Gasteiger partial charge is 0.185 e. The first-order chi connectivity index (χ1) is 27.8. The van der Waals surface area contributed by atoms with Crippen molar-refractivity contribution >= 4 is 58.7 Å². The number of carbonyl (C=O) groups excluding carboxylic acids is 5. The van der Waals surface area contributed by atoms with Crippen molar-refractivity contribution in [3.63, 3.8) is 0 Å². The third-order valence-electron chi connectivity index (χ3n) is 10.1. The molecule has 0 spiro atoms. The fraction of sp³-hybridized carbons (Fsp3) is 0.744. The van der Waals surface area contributed by atoms with Crippen LogP contribution in [-0.2, 0) is 24.0 Å². The maximum absolute atomic E-state index is 14.3. The van der Waals surface area contributed by atoms with Crippen molar-refractivity contribution < 1.29 is 24.0 Å². The molecule has 59 heavy (non-hydrogen) atoms. The average Bonchev–Trinajstić information content (AvgIpc) is 3.15. The molecular formula is C39H75N15O5. The Bertz CT molecular complexity index is 1460. The Morgan fingerprint density at radius 3 is 0.831 bits per heavy atom. The van der Waals surface area contributed by atoms with Gasteiger partial charge in [0.2, 0.25) is 0 Å². The first kappa shape index (κ1) is 53.7. The van der Waals surface area contributed by atoms with Crippen LogP contribution in [0.4, 0.5) is 0 Å². The normalized spacial score (nSPS) is 13.5. The number of Topliss-reactive ketones (excluding diaryl/α,β-unsaturated/α-hetero) is 5. The maximum Gasteiger partial charge on any atom is 0.185 e. The molecule has 0 aromatic rings. The van der Waals surface area contributed by atoms with Gasteiger partial charge in [-0.1, -0.05) is 20.8 Å². The predicted octanol–water partition coefficient (Wildman–Crippen LogP) is -0.193. The Hall–Kier alpha value is -5.30. The van der Waals surface area contributed by atoms with Gasteiger partial charge in [-0.25, -0.2) is 0 Å². The van der Waals surface area contributed by atoms with Gasteiger partial charge in [-0.15, -0.1) is 0 Å². The van der Waals surface area contributed by atoms with E-state index < -0.39 is 23.7 Å². The van der Waals surface area contributed by atoms with E-state index in [2.05, 4.69) is 25.0 Å². The highest BCUT2D eigenvalue weighted by Gasteiger charge is 2.33. The lowest BCUT2D eigenvalue weighted by Crippen LogP contribution is -2.31. The van der Waals surface area contributed by atoms with Crippen LogP contribution in [0.1, 0.15) is 117 Å². The Morgan fingerprint density at radius 2 is 0.593 bits per heavy atom. The van der Waals surface area contributed by atoms with E-state index in [1.807, 2.05) is 6.92 Å². The molecule has 20 N–H and O–H groups in total. The highest BCUT2D eigenvalue weighted by Crippen LogP contribution is 2.29. The van der Waals surface area contributed by atoms with Gasteiger partial charge in [0.05, 0.1) is 0 Å². The van der Waals surface area contributed by atoms with Crippen molar-refractivity contribution in [3.8, 4) is 0 Å². The van der Waals surface area contributed by atoms with Gasteiger partial charge in [0, 0.05) is 93.9 Å². The third kappa shape index (κ3) is 26.4. The van der Waals surface area contributed by atoms with Crippen LogP contribution in [0.25, 0.3) is 0 Å². The van der Waals surface area contributed by atoms with Crippen LogP contribution in [0.15, 0.2) is 25.0 Å². The van der Waals surface area contributed by atoms with E-state index >= 15 is 0 Å². The molecule has 20 heteroatoms. The topological polar surface area (TPSA) is 407 Å². The standard InChI is InChI=1S/C39H75N15O5/c1-4-25(10-5-15-50-35(40)41)30(55)20-26(11-6-16-51-36(42)43)31(56)21-27(12-7-17-52-37(44)45)32(57)22-28(13-8-18-53-38(46)47)33(58)23-29(34(59)24(2)3)14-9-19-54-39(48)49/h24-29H,4-23H2,1-3H3,(H4,40,41,50)(H4,42,43,51)(H4,44,45,52)(H4,46,47,53)(H4,48,49,54). The molecule has 0 heterocycles. The molecule has 0 radical (unpaired) electrons. The number of guanidine groups is 5. The molecule has 20 nitrogen and oxygen atoms in total. The summed E-state index contributed by atoms with van der Waals surface area (Å²) in [6, 6.07) is 0. The Kier molecular flexibility index (Phi) is 28.0. The van der Waals surface area contributed by atoms with Gasteiger partial charge in [-0.3, -0.25) is 48.9 Å². The van der Waals surface area contributed by atoms with Crippen LogP contribution in [0.2, 0.25) is 0 Å². The maximum atomic E-state index is 14.3. The highest BCUT2D eigenvalue weighted by molar-refractivity contribution is 5.95. The fourth-order valence-electron chi connectivity index (χ4n) is 6.91. The van der Waals surface area contributed by atoms with Crippen LogP contribution in [0.3, 0.4) is 0 Å². The Balaban J connectivity index is 6.56. The molecule has 5 unspecified atom stereocenters. The summed E-state index contributed by atoms with van der Waals surface area (Å²) in [5.41, 5.74) is 54.9. The van der Waals surface area contributed by atoms with Gasteiger partial charge < -0.3 is 57.3 Å². The van der Waals surface area contributed by atoms with Crippen LogP contribution < -0.4 is 57.3 Å². The van der Waals surface area contributed by atoms with E-state index in [4.69, 9.17) is 57.3 Å². The number of carbonyl (C=O) groups is 5. The molecule has 5 atom stereocenters. The summed E-state index contributed by atoms with van der Waals surface area (Å²) in [5, 5.41) is 0. The van der Waals surface area contributed by atoms with E-state index in [9.17, 15) is 24.0 Å². The molecule has 0 aliphatic heterocycles. The van der Waals surface area contributed by atoms with Crippen LogP contribution in [0.5, 0.6) is 0 Å². The lowest BCUT2D eigenvalue weighted by atomic mass is 9.78. The number of ketones is 5. The van der Waals surface area contributed by atoms with Crippen molar-refractivity contribution in [1.29, 1.82) is 0 Å². The van der Waals surface area contributed by atoms with Gasteiger partial charge in [0.1, 0.15) is 28.9 Å². The summed E-state index contributed by atoms with van der Waals surface area (Å²) in [5.74, 6) is -4.82. The van der Waals surface area contributed by atoms with Crippen molar-refractivity contribution in [2.45, 2.75) is 117 Å². The molecule has 0 saturated carbocycles. The summed E-state index contributed by atoms with van der Waals surface area (Å²) < 4.78 is 0. The van der Waals surface area contributed by atoms with Gasteiger partial charge in [-0.05, 0) is 70.6 Å². The zero-order valence-corrected chi connectivity index (χ0v) is 35.7. The lowest BCUT2D eigenvalue weighted by molar-refractivity contribution is -0.135. The monoisotopic (exact) mass is 834 g/mol. The number of aliphatic imine (C=N–C) groups is 5. The summed E-state index contributed by atoms with van der Waals surface area (Å²) in [6.07, 6.45) is 4.22. The predicted molar refractivity (Wildman–Crippen MR) is 236 cm³/mol. The second kappa shape index (κ2) is 30.7. The number of hydrogen-bond acceptors (Lipinski definition) is 10. The lowest BCUT2D eigenvalue weighted by Gasteiger charge is -2.24. The number of rotatable bonds is 35. The molecule has 0 amide bonds. The first-order valence-corrected chi connectivity index (χ1v) is 20.7. The number of hydrogen-bond donors (Lipinski definition) is 10. The van der Waals surface area contributed by atoms with Crippen LogP contribution in [-0.4, -0.2) is 91.4 Å². The Labute approximate surface area is 349 Å². The number of nitrogens with two attached hydrogens (primary N) is 10. The summed E-state index contributed by atoms with van der Waals surface area (Å²) in [7, 11) is 0. The molecule has 0 fully saturated rings. The van der Waals surface area contributed by atoms with Crippen LogP contribution in [0, 0.1) is 35.5 Å². The molecule has 0 aliphatic carbocycles. The van der Waals surface area contributed by atoms with Gasteiger partial charge in [-0.2, -0.15) is 0 Å². The second-order valence-electron chi connectivity index (χ2n) is 15.4. The molecule has 0 bridgehead atoms. The quantitative estimate of drug-likeness (QED) is 0.0225. The minimum atomic E-state index is -0.797. The highest BCUT2D eigenvalue weighted by atomic mass is 16.2. The van der Waals surface area contributed by atoms with E-state index in [1.54, 1.807) is 13.8 Å². The molecule has 0 aliphatic rings. The summed E-state index contributed by atoms with van der Waals surface area (Å²) in [6.45, 7) is 6.84. The fourth-order valence-corrected chi connectivity index (χ4v) is 6.91. The van der Waals surface area contributed by atoms with Gasteiger partial charge >= 0.3 is 0 Å². The molecule has 0 aromatic heterocycles. The molecule has 0 aromatic carbocycles. The van der Waals surface area contributed by atoms with Crippen molar-refractivity contribution in [2.75, 3.05) is 32.7 Å². The van der Waals surface area contributed by atoms with Gasteiger partial charge in [0.15, 0.2) is 29.8 Å². The third-order valence-corrected chi connectivity index (χ3v) is 10.1. The zero-order valence-electron chi connectivity index (χ0n) is 35.7. The van der Waals surface area contributed by atoms with E-state index in [-0.39, 0.29) is 129 Å². The van der Waals surface area contributed by atoms with Crippen molar-refractivity contribution in [3.05, 3.63) is 0 Å². The number of nitrogens with zero attached hydrogens (tertiary/aromatic N) is 5. The van der Waals surface area contributed by atoms with Gasteiger partial charge in [0.25, 0.3) is 0 Å². The van der Waals surface area contributed by atoms with Crippen molar-refractivity contribution in [1.82, 2.24) is 0 Å². The summed E-state index contributed by atoms with van der Waals surface area (Å²) in [4.78, 5) is 89.5. The van der Waals surface area contributed by atoms with E-state index in [0.717, 1.165) is 0 Å². The molecular weight excluding hydrogens is 759 g/mol.